The Balaban J connectivity index is 0. The van der Waals surface area contributed by atoms with Crippen LogP contribution in [0, 0.1) is 0 Å². The second-order valence-electron chi connectivity index (χ2n) is 1.24. The molecule has 0 aliphatic carbocycles. The van der Waals surface area contributed by atoms with Gasteiger partial charge in [0.15, 0.2) is 0 Å². The Hall–Kier alpha value is -1.09. The minimum absolute atomic E-state index is 2.02. The fourth-order valence-corrected chi connectivity index (χ4v) is 0.0630. The molecule has 0 rings (SSSR count). The number of hydrogen-bond donors (Lipinski definition) is 3. The molecule has 0 radical (unpaired) electrons. The van der Waals surface area contributed by atoms with Crippen LogP contribution in [0.25, 0.3) is 0 Å². The van der Waals surface area contributed by atoms with Crippen molar-refractivity contribution in [1.82, 2.24) is 0 Å². The largest absolute Gasteiger partial charge is 0.466 e. The smallest absolute Gasteiger partial charge is 0.303 e. The van der Waals surface area contributed by atoms with Gasteiger partial charge in [-0.1, -0.05) is 0 Å². The van der Waals surface area contributed by atoms with E-state index in [1.54, 1.807) is 0 Å². The van der Waals surface area contributed by atoms with Gasteiger partial charge in [-0.25, -0.2) is 24.0 Å². The van der Waals surface area contributed by atoms with Crippen LogP contribution in [0.3, 0.4) is 0 Å². The van der Waals surface area contributed by atoms with Crippen LogP contribution in [0.5, 0.6) is 0 Å². The Kier molecular flexibility index (Phi) is 7.14. The molecule has 0 amide bonds. The SMILES string of the molecule is O=C(OF)C(=O)OF.O=P(O)(O)O. The van der Waals surface area contributed by atoms with Gasteiger partial charge in [-0.05, 0) is 0 Å². The Morgan fingerprint density at radius 1 is 1.00 bits per heavy atom. The summed E-state index contributed by atoms with van der Waals surface area (Å²) in [5, 5.41) is 0. The van der Waals surface area contributed by atoms with E-state index in [4.69, 9.17) is 19.2 Å². The highest BCUT2D eigenvalue weighted by Crippen LogP contribution is 2.25. The zero-order chi connectivity index (χ0) is 11.1. The van der Waals surface area contributed by atoms with Gasteiger partial charge in [-0.2, -0.15) is 0 Å². The number of phosphoric acid groups is 1. The number of rotatable bonds is 0. The normalized spacial score (nSPS) is 9.31. The van der Waals surface area contributed by atoms with Crippen LogP contribution < -0.4 is 0 Å². The summed E-state index contributed by atoms with van der Waals surface area (Å²) < 4.78 is 29.9. The van der Waals surface area contributed by atoms with Gasteiger partial charge in [0.25, 0.3) is 0 Å². The fourth-order valence-electron chi connectivity index (χ4n) is 0.0630. The first-order chi connectivity index (χ1) is 5.72. The van der Waals surface area contributed by atoms with Gasteiger partial charge >= 0.3 is 19.8 Å². The molecule has 3 N–H and O–H groups in total. The lowest BCUT2D eigenvalue weighted by Crippen LogP contribution is -2.13. The van der Waals surface area contributed by atoms with Crippen LogP contribution in [-0.2, 0) is 24.0 Å². The first kappa shape index (κ1) is 14.4. The molecule has 0 fully saturated rings. The second kappa shape index (κ2) is 6.43. The molecular formula is C2H3F2O8P. The van der Waals surface area contributed by atoms with Crippen molar-refractivity contribution in [1.29, 1.82) is 0 Å². The van der Waals surface area contributed by atoms with Crippen molar-refractivity contribution in [3.05, 3.63) is 0 Å². The van der Waals surface area contributed by atoms with Gasteiger partial charge in [-0.15, -0.1) is 0 Å². The molecule has 0 aliphatic rings. The molecule has 13 heavy (non-hydrogen) atoms. The molecule has 0 saturated carbocycles. The Labute approximate surface area is 68.7 Å². The van der Waals surface area contributed by atoms with Crippen molar-refractivity contribution in [2.75, 3.05) is 0 Å². The predicted octanol–water partition coefficient (Wildman–Crippen LogP) is -1.09. The van der Waals surface area contributed by atoms with E-state index in [0.29, 0.717) is 0 Å². The molecule has 0 spiro atoms. The maximum atomic E-state index is 10.5. The maximum absolute atomic E-state index is 10.5. The van der Waals surface area contributed by atoms with Crippen molar-refractivity contribution in [2.45, 2.75) is 0 Å². The number of hydrogen-bond acceptors (Lipinski definition) is 5. The van der Waals surface area contributed by atoms with E-state index < -0.39 is 19.8 Å². The van der Waals surface area contributed by atoms with E-state index in [9.17, 15) is 18.6 Å². The highest BCUT2D eigenvalue weighted by Gasteiger charge is 2.18. The molecular weight excluding hydrogens is 221 g/mol. The lowest BCUT2D eigenvalue weighted by Gasteiger charge is -1.82. The van der Waals surface area contributed by atoms with Crippen LogP contribution in [0.4, 0.5) is 9.05 Å². The standard InChI is InChI=1S/C2F2O4.H3O4P/c3-7-1(5)2(6)8-4;1-5(2,3)4/h;(H3,1,2,3,4). The number of carbonyl (C=O) groups is 2. The van der Waals surface area contributed by atoms with Crippen molar-refractivity contribution in [2.24, 2.45) is 0 Å². The summed E-state index contributed by atoms with van der Waals surface area (Å²) in [6.45, 7) is 0. The highest BCUT2D eigenvalue weighted by atomic mass is 31.2. The summed E-state index contributed by atoms with van der Waals surface area (Å²) in [6.07, 6.45) is 0. The molecule has 0 aromatic carbocycles. The Morgan fingerprint density at radius 3 is 1.23 bits per heavy atom. The Bertz CT molecular complexity index is 198. The lowest BCUT2D eigenvalue weighted by molar-refractivity contribution is -0.212. The summed E-state index contributed by atoms with van der Waals surface area (Å²) in [5.41, 5.74) is 0. The van der Waals surface area contributed by atoms with Crippen LogP contribution in [0.1, 0.15) is 0 Å². The van der Waals surface area contributed by atoms with E-state index >= 15 is 0 Å². The van der Waals surface area contributed by atoms with Crippen LogP contribution in [0.2, 0.25) is 0 Å². The Morgan fingerprint density at radius 2 is 1.15 bits per heavy atom. The monoisotopic (exact) mass is 224 g/mol. The quantitative estimate of drug-likeness (QED) is 0.349. The first-order valence-electron chi connectivity index (χ1n) is 2.16. The molecule has 0 aliphatic heterocycles. The van der Waals surface area contributed by atoms with E-state index in [-0.39, 0.29) is 0 Å². The highest BCUT2D eigenvalue weighted by molar-refractivity contribution is 7.45. The molecule has 0 aromatic rings. The van der Waals surface area contributed by atoms with Gasteiger partial charge in [-0.3, -0.25) is 0 Å². The third-order valence-electron chi connectivity index (χ3n) is 0.307. The predicted molar refractivity (Wildman–Crippen MR) is 28.7 cm³/mol. The third-order valence-corrected chi connectivity index (χ3v) is 0.307. The molecule has 78 valence electrons. The van der Waals surface area contributed by atoms with Gasteiger partial charge < -0.3 is 14.7 Å². The van der Waals surface area contributed by atoms with Crippen molar-refractivity contribution in [3.63, 3.8) is 0 Å². The topological polar surface area (TPSA) is 130 Å². The van der Waals surface area contributed by atoms with Gasteiger partial charge in [0.05, 0.1) is 0 Å². The summed E-state index contributed by atoms with van der Waals surface area (Å²) in [5.74, 6) is -4.04. The third kappa shape index (κ3) is 18.1. The molecule has 8 nitrogen and oxygen atoms in total. The van der Waals surface area contributed by atoms with E-state index in [2.05, 4.69) is 9.88 Å². The number of carbonyl (C=O) groups excluding carboxylic acids is 2. The molecule has 0 aromatic heterocycles. The summed E-state index contributed by atoms with van der Waals surface area (Å²) in [4.78, 5) is 44.9. The maximum Gasteiger partial charge on any atom is 0.466 e. The zero-order valence-corrected chi connectivity index (χ0v) is 6.48. The van der Waals surface area contributed by atoms with Gasteiger partial charge in [0, 0.05) is 9.05 Å². The van der Waals surface area contributed by atoms with Gasteiger partial charge in [0.1, 0.15) is 0 Å². The molecule has 0 heterocycles. The minimum Gasteiger partial charge on any atom is -0.303 e. The summed E-state index contributed by atoms with van der Waals surface area (Å²) in [7, 11) is -4.64. The molecule has 0 atom stereocenters. The number of halogens is 2. The van der Waals surface area contributed by atoms with E-state index in [0.717, 1.165) is 0 Å². The second-order valence-corrected chi connectivity index (χ2v) is 2.27. The van der Waals surface area contributed by atoms with Crippen molar-refractivity contribution < 1.29 is 47.8 Å². The van der Waals surface area contributed by atoms with E-state index in [1.165, 1.54) is 0 Å². The molecule has 11 heteroatoms. The average Bonchev–Trinajstić information content (AvgIpc) is 1.98. The minimum atomic E-state index is -4.64. The van der Waals surface area contributed by atoms with Crippen LogP contribution in [-0.4, -0.2) is 26.6 Å². The zero-order valence-electron chi connectivity index (χ0n) is 5.59. The molecule has 0 unspecified atom stereocenters. The summed E-state index contributed by atoms with van der Waals surface area (Å²) in [6, 6.07) is 0. The molecule has 0 saturated heterocycles. The van der Waals surface area contributed by atoms with Gasteiger partial charge in [0.2, 0.25) is 0 Å². The van der Waals surface area contributed by atoms with Crippen molar-refractivity contribution in [3.8, 4) is 0 Å². The summed E-state index contributed by atoms with van der Waals surface area (Å²) >= 11 is 0. The van der Waals surface area contributed by atoms with E-state index in [1.807, 2.05) is 0 Å². The van der Waals surface area contributed by atoms with Crippen LogP contribution in [0.15, 0.2) is 0 Å². The van der Waals surface area contributed by atoms with Crippen LogP contribution >= 0.6 is 7.82 Å². The average molecular weight is 224 g/mol. The lowest BCUT2D eigenvalue weighted by atomic mass is 10.7. The van der Waals surface area contributed by atoms with Crippen molar-refractivity contribution >= 4 is 19.8 Å². The molecule has 0 bridgehead atoms. The first-order valence-corrected chi connectivity index (χ1v) is 3.72. The fraction of sp³-hybridized carbons (Fsp3) is 0.